The summed E-state index contributed by atoms with van der Waals surface area (Å²) >= 11 is 7.84. The van der Waals surface area contributed by atoms with E-state index in [0.717, 1.165) is 25.7 Å². The van der Waals surface area contributed by atoms with E-state index in [-0.39, 0.29) is 12.2 Å². The number of ether oxygens (including phenoxy) is 3. The Morgan fingerprint density at radius 3 is 2.39 bits per heavy atom. The van der Waals surface area contributed by atoms with Crippen LogP contribution in [0.25, 0.3) is 0 Å². The Morgan fingerprint density at radius 2 is 1.75 bits per heavy atom. The number of rotatable bonds is 6. The van der Waals surface area contributed by atoms with E-state index in [4.69, 9.17) is 25.8 Å². The van der Waals surface area contributed by atoms with Gasteiger partial charge in [0.1, 0.15) is 30.2 Å². The molecule has 6 nitrogen and oxygen atoms in total. The summed E-state index contributed by atoms with van der Waals surface area (Å²) in [5.41, 5.74) is 0.662. The number of hydrogen-bond donors (Lipinski definition) is 3. The van der Waals surface area contributed by atoms with E-state index in [1.54, 1.807) is 25.3 Å². The molecule has 3 N–H and O–H groups in total. The van der Waals surface area contributed by atoms with Crippen LogP contribution in [0.4, 0.5) is 0 Å². The number of benzene rings is 1. The van der Waals surface area contributed by atoms with Crippen molar-refractivity contribution in [2.24, 2.45) is 0 Å². The van der Waals surface area contributed by atoms with Crippen molar-refractivity contribution in [1.29, 1.82) is 0 Å². The van der Waals surface area contributed by atoms with Gasteiger partial charge in [-0.15, -0.1) is 0 Å². The minimum atomic E-state index is -1.28. The summed E-state index contributed by atoms with van der Waals surface area (Å²) in [6.07, 6.45) is 0.952. The molecule has 0 bridgehead atoms. The van der Waals surface area contributed by atoms with Gasteiger partial charge in [-0.25, -0.2) is 0 Å². The van der Waals surface area contributed by atoms with Crippen molar-refractivity contribution in [3.8, 4) is 5.75 Å². The molecule has 0 radical (unpaired) electrons. The fraction of sp³-hybridized carbons (Fsp3) is 0.700. The third kappa shape index (κ3) is 4.95. The van der Waals surface area contributed by atoms with Crippen molar-refractivity contribution in [1.82, 2.24) is 0 Å². The average molecular weight is 433 g/mol. The summed E-state index contributed by atoms with van der Waals surface area (Å²) in [7, 11) is 1.73. The van der Waals surface area contributed by atoms with Crippen LogP contribution in [-0.4, -0.2) is 71.1 Å². The highest BCUT2D eigenvalue weighted by Crippen LogP contribution is 2.37. The molecule has 1 aliphatic heterocycles. The zero-order valence-electron chi connectivity index (χ0n) is 16.2. The highest BCUT2D eigenvalue weighted by Gasteiger charge is 2.44. The van der Waals surface area contributed by atoms with E-state index in [2.05, 4.69) is 0 Å². The topological polar surface area (TPSA) is 88.4 Å². The van der Waals surface area contributed by atoms with Crippen LogP contribution in [0.2, 0.25) is 5.02 Å². The summed E-state index contributed by atoms with van der Waals surface area (Å²) in [6.45, 7) is 0. The molecular weight excluding hydrogens is 404 g/mol. The molecule has 1 heterocycles. The van der Waals surface area contributed by atoms with E-state index in [1.165, 1.54) is 11.8 Å². The van der Waals surface area contributed by atoms with Crippen molar-refractivity contribution in [3.05, 3.63) is 28.8 Å². The Morgan fingerprint density at radius 1 is 1.07 bits per heavy atom. The molecule has 28 heavy (non-hydrogen) atoms. The Kier molecular flexibility index (Phi) is 7.89. The zero-order valence-corrected chi connectivity index (χ0v) is 17.7. The third-order valence-corrected chi connectivity index (χ3v) is 6.55. The second kappa shape index (κ2) is 9.98. The summed E-state index contributed by atoms with van der Waals surface area (Å²) in [4.78, 5) is 0. The summed E-state index contributed by atoms with van der Waals surface area (Å²) in [5.74, 6) is 1.05. The number of hydrogen-bond acceptors (Lipinski definition) is 7. The molecule has 1 aromatic rings. The maximum atomic E-state index is 10.5. The lowest BCUT2D eigenvalue weighted by Crippen LogP contribution is -2.54. The third-order valence-electron chi connectivity index (χ3n) is 5.58. The molecule has 0 unspecified atom stereocenters. The SMILES string of the molecule is COC1CCC(Oc2cc([C@@H]3O[C@H](CSC)[C@@H](O)[C@H](O)[C@H]3O)ccc2Cl)CC1. The fourth-order valence-corrected chi connectivity index (χ4v) is 4.65. The van der Waals surface area contributed by atoms with Crippen LogP contribution < -0.4 is 4.74 Å². The van der Waals surface area contributed by atoms with Crippen molar-refractivity contribution >= 4 is 23.4 Å². The Balaban J connectivity index is 1.74. The molecule has 1 saturated carbocycles. The molecule has 3 rings (SSSR count). The number of methoxy groups -OCH3 is 1. The predicted molar refractivity (Wildman–Crippen MR) is 109 cm³/mol. The summed E-state index contributed by atoms with van der Waals surface area (Å²) in [6, 6.07) is 5.23. The first kappa shape index (κ1) is 22.2. The normalized spacial score (nSPS) is 36.3. The van der Waals surface area contributed by atoms with Crippen LogP contribution in [0, 0.1) is 0 Å². The molecule has 5 atom stereocenters. The maximum absolute atomic E-state index is 10.5. The van der Waals surface area contributed by atoms with Crippen molar-refractivity contribution < 1.29 is 29.5 Å². The molecule has 0 spiro atoms. The lowest BCUT2D eigenvalue weighted by molar-refractivity contribution is -0.218. The molecule has 0 amide bonds. The molecular formula is C20H29ClO6S. The first-order valence-corrected chi connectivity index (χ1v) is 11.4. The van der Waals surface area contributed by atoms with Crippen LogP contribution in [0.3, 0.4) is 0 Å². The second-order valence-corrected chi connectivity index (χ2v) is 8.78. The first-order chi connectivity index (χ1) is 13.4. The smallest absolute Gasteiger partial charge is 0.138 e. The monoisotopic (exact) mass is 432 g/mol. The zero-order chi connectivity index (χ0) is 20.3. The van der Waals surface area contributed by atoms with Gasteiger partial charge in [0.15, 0.2) is 0 Å². The Hall–Kier alpha value is -0.540. The van der Waals surface area contributed by atoms with Crippen molar-refractivity contribution in [2.45, 2.75) is 68.4 Å². The van der Waals surface area contributed by atoms with E-state index in [9.17, 15) is 15.3 Å². The lowest BCUT2D eigenvalue weighted by atomic mass is 9.91. The van der Waals surface area contributed by atoms with E-state index >= 15 is 0 Å². The first-order valence-electron chi connectivity index (χ1n) is 9.62. The van der Waals surface area contributed by atoms with E-state index in [1.807, 2.05) is 6.26 Å². The van der Waals surface area contributed by atoms with Gasteiger partial charge >= 0.3 is 0 Å². The highest BCUT2D eigenvalue weighted by molar-refractivity contribution is 7.98. The van der Waals surface area contributed by atoms with Gasteiger partial charge in [-0.2, -0.15) is 11.8 Å². The predicted octanol–water partition coefficient (Wildman–Crippen LogP) is 2.56. The molecule has 1 aliphatic carbocycles. The quantitative estimate of drug-likeness (QED) is 0.636. The van der Waals surface area contributed by atoms with Gasteiger partial charge < -0.3 is 29.5 Å². The molecule has 0 aromatic heterocycles. The Labute approximate surface area is 175 Å². The number of thioether (sulfide) groups is 1. The molecule has 158 valence electrons. The molecule has 2 fully saturated rings. The minimum Gasteiger partial charge on any atom is -0.489 e. The lowest BCUT2D eigenvalue weighted by Gasteiger charge is -2.41. The van der Waals surface area contributed by atoms with E-state index in [0.29, 0.717) is 22.1 Å². The van der Waals surface area contributed by atoms with Crippen LogP contribution in [0.15, 0.2) is 18.2 Å². The van der Waals surface area contributed by atoms with Gasteiger partial charge in [-0.3, -0.25) is 0 Å². The molecule has 1 saturated heterocycles. The summed E-state index contributed by atoms with van der Waals surface area (Å²) < 4.78 is 17.5. The molecule has 8 heteroatoms. The maximum Gasteiger partial charge on any atom is 0.138 e. The van der Waals surface area contributed by atoms with Gasteiger partial charge in [0, 0.05) is 12.9 Å². The Bertz CT molecular complexity index is 639. The molecule has 2 aliphatic rings. The fourth-order valence-electron chi connectivity index (χ4n) is 3.88. The largest absolute Gasteiger partial charge is 0.489 e. The summed E-state index contributed by atoms with van der Waals surface area (Å²) in [5, 5.41) is 31.4. The van der Waals surface area contributed by atoms with Crippen LogP contribution >= 0.6 is 23.4 Å². The second-order valence-electron chi connectivity index (χ2n) is 7.46. The van der Waals surface area contributed by atoms with E-state index < -0.39 is 30.5 Å². The standard InChI is InChI=1S/C20H29ClO6S/c1-25-12-4-6-13(7-5-12)26-15-9-11(3-8-14(15)21)20-19(24)18(23)17(22)16(27-20)10-28-2/h3,8-9,12-13,16-20,22-24H,4-7,10H2,1-2H3/t12?,13?,16-,17-,18+,19-,20+/m1/s1. The number of aliphatic hydroxyl groups is 3. The van der Waals surface area contributed by atoms with Gasteiger partial charge in [0.05, 0.1) is 23.3 Å². The van der Waals surface area contributed by atoms with Gasteiger partial charge in [-0.05, 0) is 49.6 Å². The highest BCUT2D eigenvalue weighted by atomic mass is 35.5. The average Bonchev–Trinajstić information content (AvgIpc) is 2.71. The van der Waals surface area contributed by atoms with Gasteiger partial charge in [-0.1, -0.05) is 17.7 Å². The van der Waals surface area contributed by atoms with Crippen LogP contribution in [0.5, 0.6) is 5.75 Å². The molecule has 1 aromatic carbocycles. The van der Waals surface area contributed by atoms with Crippen LogP contribution in [0.1, 0.15) is 37.4 Å². The van der Waals surface area contributed by atoms with Gasteiger partial charge in [0.2, 0.25) is 0 Å². The number of halogens is 1. The van der Waals surface area contributed by atoms with Gasteiger partial charge in [0.25, 0.3) is 0 Å². The van der Waals surface area contributed by atoms with Crippen molar-refractivity contribution in [3.63, 3.8) is 0 Å². The minimum absolute atomic E-state index is 0.0630. The van der Waals surface area contributed by atoms with Crippen molar-refractivity contribution in [2.75, 3.05) is 19.1 Å². The number of aliphatic hydroxyl groups excluding tert-OH is 3. The van der Waals surface area contributed by atoms with Crippen LogP contribution in [-0.2, 0) is 9.47 Å².